The molecular formula is C17H31N3O2. The average Bonchev–Trinajstić information content (AvgIpc) is 2.53. The molecule has 1 aromatic rings. The zero-order chi connectivity index (χ0) is 16.0. The SMILES string of the molecule is CCOCCOCCCCCN(Cc1ccncn1)C(C)C. The van der Waals surface area contributed by atoms with Crippen LogP contribution in [0.2, 0.25) is 0 Å². The second-order valence-corrected chi connectivity index (χ2v) is 5.63. The molecule has 1 aromatic heterocycles. The van der Waals surface area contributed by atoms with Crippen LogP contribution in [0.3, 0.4) is 0 Å². The molecule has 0 saturated carbocycles. The summed E-state index contributed by atoms with van der Waals surface area (Å²) in [6, 6.07) is 2.51. The Labute approximate surface area is 135 Å². The minimum atomic E-state index is 0.525. The Morgan fingerprint density at radius 1 is 1.09 bits per heavy atom. The van der Waals surface area contributed by atoms with Crippen molar-refractivity contribution in [3.05, 3.63) is 24.3 Å². The predicted molar refractivity (Wildman–Crippen MR) is 88.7 cm³/mol. The van der Waals surface area contributed by atoms with E-state index in [4.69, 9.17) is 9.47 Å². The average molecular weight is 309 g/mol. The third-order valence-corrected chi connectivity index (χ3v) is 3.55. The number of rotatable bonds is 13. The molecule has 0 saturated heterocycles. The quantitative estimate of drug-likeness (QED) is 0.524. The number of unbranched alkanes of at least 4 members (excludes halogenated alkanes) is 2. The van der Waals surface area contributed by atoms with Gasteiger partial charge in [-0.05, 0) is 52.6 Å². The lowest BCUT2D eigenvalue weighted by Crippen LogP contribution is -2.31. The molecule has 0 N–H and O–H groups in total. The van der Waals surface area contributed by atoms with Crippen LogP contribution in [0.5, 0.6) is 0 Å². The van der Waals surface area contributed by atoms with Crippen LogP contribution in [0.4, 0.5) is 0 Å². The van der Waals surface area contributed by atoms with Crippen LogP contribution in [0, 0.1) is 0 Å². The van der Waals surface area contributed by atoms with Gasteiger partial charge in [-0.25, -0.2) is 9.97 Å². The van der Waals surface area contributed by atoms with Crippen molar-refractivity contribution in [3.63, 3.8) is 0 Å². The third kappa shape index (κ3) is 9.07. The van der Waals surface area contributed by atoms with Crippen LogP contribution in [0.1, 0.15) is 45.7 Å². The molecule has 0 radical (unpaired) electrons. The van der Waals surface area contributed by atoms with Gasteiger partial charge in [0, 0.05) is 32.0 Å². The lowest BCUT2D eigenvalue weighted by atomic mass is 10.2. The molecule has 0 fully saturated rings. The van der Waals surface area contributed by atoms with Crippen molar-refractivity contribution in [1.82, 2.24) is 14.9 Å². The van der Waals surface area contributed by atoms with Crippen molar-refractivity contribution in [1.29, 1.82) is 0 Å². The Morgan fingerprint density at radius 3 is 2.59 bits per heavy atom. The first-order valence-corrected chi connectivity index (χ1v) is 8.38. The maximum absolute atomic E-state index is 5.53. The first-order chi connectivity index (χ1) is 10.7. The number of hydrogen-bond donors (Lipinski definition) is 0. The van der Waals surface area contributed by atoms with Crippen LogP contribution in [-0.4, -0.2) is 53.9 Å². The molecule has 22 heavy (non-hydrogen) atoms. The molecule has 1 heterocycles. The molecule has 0 aliphatic rings. The molecule has 0 bridgehead atoms. The van der Waals surface area contributed by atoms with Crippen LogP contribution < -0.4 is 0 Å². The predicted octanol–water partition coefficient (Wildman–Crippen LogP) is 2.91. The monoisotopic (exact) mass is 309 g/mol. The Kier molecular flexibility index (Phi) is 10.8. The van der Waals surface area contributed by atoms with Gasteiger partial charge in [0.1, 0.15) is 6.33 Å². The third-order valence-electron chi connectivity index (χ3n) is 3.55. The van der Waals surface area contributed by atoms with Gasteiger partial charge in [0.15, 0.2) is 0 Å². The van der Waals surface area contributed by atoms with Gasteiger partial charge in [0.05, 0.1) is 18.9 Å². The summed E-state index contributed by atoms with van der Waals surface area (Å²) >= 11 is 0. The summed E-state index contributed by atoms with van der Waals surface area (Å²) in [5.41, 5.74) is 1.09. The van der Waals surface area contributed by atoms with Gasteiger partial charge in [0.2, 0.25) is 0 Å². The standard InChI is InChI=1S/C17H31N3O2/c1-4-21-12-13-22-11-7-5-6-10-20(16(2)3)14-17-8-9-18-15-19-17/h8-9,15-16H,4-7,10-14H2,1-3H3. The zero-order valence-corrected chi connectivity index (χ0v) is 14.3. The smallest absolute Gasteiger partial charge is 0.115 e. The highest BCUT2D eigenvalue weighted by molar-refractivity contribution is 4.97. The van der Waals surface area contributed by atoms with E-state index in [1.165, 1.54) is 12.8 Å². The maximum atomic E-state index is 5.53. The van der Waals surface area contributed by atoms with Crippen LogP contribution in [0.15, 0.2) is 18.6 Å². The summed E-state index contributed by atoms with van der Waals surface area (Å²) in [5.74, 6) is 0. The van der Waals surface area contributed by atoms with E-state index in [2.05, 4.69) is 28.7 Å². The van der Waals surface area contributed by atoms with Crippen molar-refractivity contribution in [2.24, 2.45) is 0 Å². The van der Waals surface area contributed by atoms with Crippen molar-refractivity contribution < 1.29 is 9.47 Å². The van der Waals surface area contributed by atoms with E-state index < -0.39 is 0 Å². The summed E-state index contributed by atoms with van der Waals surface area (Å²) in [6.07, 6.45) is 6.93. The molecule has 0 aliphatic heterocycles. The molecule has 126 valence electrons. The van der Waals surface area contributed by atoms with Crippen LogP contribution in [-0.2, 0) is 16.0 Å². The van der Waals surface area contributed by atoms with E-state index in [-0.39, 0.29) is 0 Å². The maximum Gasteiger partial charge on any atom is 0.115 e. The largest absolute Gasteiger partial charge is 0.379 e. The van der Waals surface area contributed by atoms with Crippen LogP contribution in [0.25, 0.3) is 0 Å². The Morgan fingerprint density at radius 2 is 1.91 bits per heavy atom. The highest BCUT2D eigenvalue weighted by atomic mass is 16.5. The van der Waals surface area contributed by atoms with E-state index in [1.54, 1.807) is 12.5 Å². The first kappa shape index (κ1) is 19.0. The number of ether oxygens (including phenoxy) is 2. The van der Waals surface area contributed by atoms with Gasteiger partial charge in [-0.15, -0.1) is 0 Å². The molecule has 1 rings (SSSR count). The van der Waals surface area contributed by atoms with E-state index in [0.717, 1.165) is 38.4 Å². The summed E-state index contributed by atoms with van der Waals surface area (Å²) in [4.78, 5) is 10.7. The number of aromatic nitrogens is 2. The molecule has 0 atom stereocenters. The van der Waals surface area contributed by atoms with Gasteiger partial charge < -0.3 is 9.47 Å². The Balaban J connectivity index is 2.09. The fourth-order valence-corrected chi connectivity index (χ4v) is 2.20. The summed E-state index contributed by atoms with van der Waals surface area (Å²) in [5, 5.41) is 0. The van der Waals surface area contributed by atoms with Gasteiger partial charge in [-0.1, -0.05) is 0 Å². The van der Waals surface area contributed by atoms with E-state index >= 15 is 0 Å². The fraction of sp³-hybridized carbons (Fsp3) is 0.765. The fourth-order valence-electron chi connectivity index (χ4n) is 2.20. The summed E-state index contributed by atoms with van der Waals surface area (Å²) in [6.45, 7) is 11.5. The van der Waals surface area contributed by atoms with E-state index in [0.29, 0.717) is 19.3 Å². The molecule has 0 amide bonds. The van der Waals surface area contributed by atoms with Crippen molar-refractivity contribution in [3.8, 4) is 0 Å². The van der Waals surface area contributed by atoms with Gasteiger partial charge in [-0.2, -0.15) is 0 Å². The molecule has 0 aliphatic carbocycles. The Hall–Kier alpha value is -1.04. The summed E-state index contributed by atoms with van der Waals surface area (Å²) in [7, 11) is 0. The lowest BCUT2D eigenvalue weighted by Gasteiger charge is -2.26. The topological polar surface area (TPSA) is 47.5 Å². The zero-order valence-electron chi connectivity index (χ0n) is 14.3. The van der Waals surface area contributed by atoms with Gasteiger partial charge in [0.25, 0.3) is 0 Å². The molecule has 5 nitrogen and oxygen atoms in total. The lowest BCUT2D eigenvalue weighted by molar-refractivity contribution is 0.0509. The molecule has 0 unspecified atom stereocenters. The molecule has 0 aromatic carbocycles. The van der Waals surface area contributed by atoms with Crippen molar-refractivity contribution in [2.45, 2.75) is 52.6 Å². The minimum absolute atomic E-state index is 0.525. The first-order valence-electron chi connectivity index (χ1n) is 8.38. The molecule has 5 heteroatoms. The minimum Gasteiger partial charge on any atom is -0.379 e. The number of nitrogens with zero attached hydrogens (tertiary/aromatic N) is 3. The van der Waals surface area contributed by atoms with Crippen molar-refractivity contribution in [2.75, 3.05) is 33.0 Å². The van der Waals surface area contributed by atoms with Gasteiger partial charge in [-0.3, -0.25) is 4.90 Å². The second-order valence-electron chi connectivity index (χ2n) is 5.63. The van der Waals surface area contributed by atoms with E-state index in [9.17, 15) is 0 Å². The van der Waals surface area contributed by atoms with Gasteiger partial charge >= 0.3 is 0 Å². The normalized spacial score (nSPS) is 11.5. The Bertz CT molecular complexity index is 360. The number of hydrogen-bond acceptors (Lipinski definition) is 5. The van der Waals surface area contributed by atoms with Crippen molar-refractivity contribution >= 4 is 0 Å². The summed E-state index contributed by atoms with van der Waals surface area (Å²) < 4.78 is 10.8. The van der Waals surface area contributed by atoms with Crippen LogP contribution >= 0.6 is 0 Å². The van der Waals surface area contributed by atoms with E-state index in [1.807, 2.05) is 13.0 Å². The molecule has 0 spiro atoms. The molecular weight excluding hydrogens is 278 g/mol. The highest BCUT2D eigenvalue weighted by Gasteiger charge is 2.10. The highest BCUT2D eigenvalue weighted by Crippen LogP contribution is 2.08. The second kappa shape index (κ2) is 12.5.